The molecule has 3 heteroatoms. The van der Waals surface area contributed by atoms with E-state index in [-0.39, 0.29) is 0 Å². The van der Waals surface area contributed by atoms with Crippen molar-refractivity contribution in [3.05, 3.63) is 71.3 Å². The van der Waals surface area contributed by atoms with E-state index in [2.05, 4.69) is 76.8 Å². The van der Waals surface area contributed by atoms with Crippen molar-refractivity contribution in [1.82, 2.24) is 15.1 Å². The van der Waals surface area contributed by atoms with Crippen LogP contribution in [0.25, 0.3) is 0 Å². The van der Waals surface area contributed by atoms with E-state index in [0.29, 0.717) is 12.1 Å². The van der Waals surface area contributed by atoms with Gasteiger partial charge in [0, 0.05) is 44.8 Å². The zero-order valence-corrected chi connectivity index (χ0v) is 15.9. The molecule has 138 valence electrons. The van der Waals surface area contributed by atoms with Gasteiger partial charge in [0.1, 0.15) is 0 Å². The molecule has 2 atom stereocenters. The molecular formula is C23H31N3. The van der Waals surface area contributed by atoms with Crippen LogP contribution in [0.1, 0.15) is 41.6 Å². The molecule has 3 nitrogen and oxygen atoms in total. The van der Waals surface area contributed by atoms with E-state index in [1.807, 2.05) is 0 Å². The second kappa shape index (κ2) is 8.34. The van der Waals surface area contributed by atoms with Gasteiger partial charge in [0.15, 0.2) is 0 Å². The van der Waals surface area contributed by atoms with Crippen LogP contribution in [0.5, 0.6) is 0 Å². The maximum atomic E-state index is 4.03. The van der Waals surface area contributed by atoms with Crippen molar-refractivity contribution in [3.63, 3.8) is 0 Å². The van der Waals surface area contributed by atoms with Crippen LogP contribution in [0.2, 0.25) is 0 Å². The number of aryl methyl sites for hydroxylation is 1. The summed E-state index contributed by atoms with van der Waals surface area (Å²) in [6.07, 6.45) is 3.75. The minimum atomic E-state index is 0.385. The van der Waals surface area contributed by atoms with Gasteiger partial charge in [-0.05, 0) is 43.0 Å². The number of hydrogen-bond donors (Lipinski definition) is 1. The zero-order valence-electron chi connectivity index (χ0n) is 15.9. The number of fused-ring (bicyclic) bond motifs is 1. The lowest BCUT2D eigenvalue weighted by Gasteiger charge is -2.37. The van der Waals surface area contributed by atoms with Gasteiger partial charge in [0.25, 0.3) is 0 Å². The van der Waals surface area contributed by atoms with Crippen molar-refractivity contribution in [2.75, 3.05) is 39.8 Å². The Morgan fingerprint density at radius 2 is 1.69 bits per heavy atom. The Morgan fingerprint density at radius 1 is 0.962 bits per heavy atom. The summed E-state index contributed by atoms with van der Waals surface area (Å²) >= 11 is 0. The Balaban J connectivity index is 1.52. The lowest BCUT2D eigenvalue weighted by molar-refractivity contribution is 0.139. The molecule has 0 aromatic heterocycles. The second-order valence-corrected chi connectivity index (χ2v) is 7.88. The molecule has 0 radical (unpaired) electrons. The first-order valence-corrected chi connectivity index (χ1v) is 10.1. The van der Waals surface area contributed by atoms with Gasteiger partial charge in [-0.3, -0.25) is 4.90 Å². The van der Waals surface area contributed by atoms with Crippen molar-refractivity contribution in [2.24, 2.45) is 0 Å². The van der Waals surface area contributed by atoms with Crippen LogP contribution in [0.15, 0.2) is 54.6 Å². The van der Waals surface area contributed by atoms with Gasteiger partial charge in [-0.2, -0.15) is 0 Å². The van der Waals surface area contributed by atoms with Crippen LogP contribution in [0, 0.1) is 0 Å². The molecule has 1 heterocycles. The Morgan fingerprint density at radius 3 is 2.50 bits per heavy atom. The van der Waals surface area contributed by atoms with Crippen LogP contribution < -0.4 is 5.32 Å². The second-order valence-electron chi connectivity index (χ2n) is 7.88. The first-order chi connectivity index (χ1) is 12.8. The maximum absolute atomic E-state index is 4.03. The fourth-order valence-electron chi connectivity index (χ4n) is 4.40. The van der Waals surface area contributed by atoms with E-state index >= 15 is 0 Å². The average Bonchev–Trinajstić information content (AvgIpc) is 2.70. The van der Waals surface area contributed by atoms with Crippen LogP contribution >= 0.6 is 0 Å². The summed E-state index contributed by atoms with van der Waals surface area (Å²) < 4.78 is 0. The fraction of sp³-hybridized carbons (Fsp3) is 0.478. The number of rotatable bonds is 5. The SMILES string of the molecule is CN1CCN(C[C@H](N[C@H]2CCCc3ccccc32)c2ccccc2)CC1. The summed E-state index contributed by atoms with van der Waals surface area (Å²) in [6, 6.07) is 20.9. The van der Waals surface area contributed by atoms with E-state index in [0.717, 1.165) is 6.54 Å². The van der Waals surface area contributed by atoms with Crippen LogP contribution in [0.4, 0.5) is 0 Å². The molecule has 1 N–H and O–H groups in total. The highest BCUT2D eigenvalue weighted by Gasteiger charge is 2.25. The quantitative estimate of drug-likeness (QED) is 0.889. The number of likely N-dealkylation sites (N-methyl/N-ethyl adjacent to an activating group) is 1. The molecule has 0 amide bonds. The highest BCUT2D eigenvalue weighted by atomic mass is 15.3. The van der Waals surface area contributed by atoms with Crippen LogP contribution in [-0.2, 0) is 6.42 Å². The number of piperazine rings is 1. The Kier molecular flexibility index (Phi) is 5.68. The number of nitrogens with zero attached hydrogens (tertiary/aromatic N) is 2. The predicted octanol–water partition coefficient (Wildman–Crippen LogP) is 3.64. The normalized spacial score (nSPS) is 22.7. The lowest BCUT2D eigenvalue weighted by atomic mass is 9.87. The van der Waals surface area contributed by atoms with Gasteiger partial charge in [-0.15, -0.1) is 0 Å². The Bertz CT molecular complexity index is 692. The standard InChI is InChI=1S/C23H31N3/c1-25-14-16-26(17-15-25)18-23(20-9-3-2-4-10-20)24-22-13-7-11-19-8-5-6-12-21(19)22/h2-6,8-10,12,22-24H,7,11,13-18H2,1H3/t22-,23-/m0/s1. The van der Waals surface area contributed by atoms with Crippen molar-refractivity contribution >= 4 is 0 Å². The van der Waals surface area contributed by atoms with E-state index in [1.54, 1.807) is 0 Å². The number of nitrogens with one attached hydrogen (secondary N) is 1. The minimum absolute atomic E-state index is 0.385. The van der Waals surface area contributed by atoms with Crippen molar-refractivity contribution < 1.29 is 0 Å². The summed E-state index contributed by atoms with van der Waals surface area (Å²) in [5, 5.41) is 4.03. The Hall–Kier alpha value is -1.68. The van der Waals surface area contributed by atoms with Crippen molar-refractivity contribution in [2.45, 2.75) is 31.3 Å². The third-order valence-corrected chi connectivity index (χ3v) is 6.01. The minimum Gasteiger partial charge on any atom is -0.304 e. The summed E-state index contributed by atoms with van der Waals surface area (Å²) in [5.74, 6) is 0. The maximum Gasteiger partial charge on any atom is 0.0454 e. The smallest absolute Gasteiger partial charge is 0.0454 e. The third kappa shape index (κ3) is 4.17. The van der Waals surface area contributed by atoms with E-state index in [4.69, 9.17) is 0 Å². The monoisotopic (exact) mass is 349 g/mol. The third-order valence-electron chi connectivity index (χ3n) is 6.01. The molecule has 0 bridgehead atoms. The van der Waals surface area contributed by atoms with Gasteiger partial charge in [0.05, 0.1) is 0 Å². The van der Waals surface area contributed by atoms with Crippen molar-refractivity contribution in [1.29, 1.82) is 0 Å². The molecule has 1 fully saturated rings. The number of hydrogen-bond acceptors (Lipinski definition) is 3. The summed E-state index contributed by atoms with van der Waals surface area (Å²) in [4.78, 5) is 5.05. The van der Waals surface area contributed by atoms with E-state index in [1.165, 1.54) is 62.1 Å². The first-order valence-electron chi connectivity index (χ1n) is 10.1. The highest BCUT2D eigenvalue weighted by molar-refractivity contribution is 5.32. The van der Waals surface area contributed by atoms with Crippen LogP contribution in [-0.4, -0.2) is 49.6 Å². The number of benzene rings is 2. The van der Waals surface area contributed by atoms with E-state index < -0.39 is 0 Å². The molecule has 1 aliphatic carbocycles. The molecule has 1 saturated heterocycles. The van der Waals surface area contributed by atoms with E-state index in [9.17, 15) is 0 Å². The molecule has 0 unspecified atom stereocenters. The molecule has 2 aromatic carbocycles. The van der Waals surface area contributed by atoms with Gasteiger partial charge < -0.3 is 10.2 Å². The molecule has 0 saturated carbocycles. The predicted molar refractivity (Wildman–Crippen MR) is 108 cm³/mol. The Labute approximate surface area is 158 Å². The van der Waals surface area contributed by atoms with Gasteiger partial charge >= 0.3 is 0 Å². The van der Waals surface area contributed by atoms with Crippen molar-refractivity contribution in [3.8, 4) is 0 Å². The largest absolute Gasteiger partial charge is 0.304 e. The summed E-state index contributed by atoms with van der Waals surface area (Å²) in [7, 11) is 2.23. The molecular weight excluding hydrogens is 318 g/mol. The van der Waals surface area contributed by atoms with Gasteiger partial charge in [-0.1, -0.05) is 54.6 Å². The molecule has 0 spiro atoms. The van der Waals surface area contributed by atoms with Crippen LogP contribution in [0.3, 0.4) is 0 Å². The first kappa shape index (κ1) is 17.7. The molecule has 26 heavy (non-hydrogen) atoms. The fourth-order valence-corrected chi connectivity index (χ4v) is 4.40. The van der Waals surface area contributed by atoms with Gasteiger partial charge in [-0.25, -0.2) is 0 Å². The molecule has 2 aliphatic rings. The lowest BCUT2D eigenvalue weighted by Crippen LogP contribution is -2.47. The van der Waals surface area contributed by atoms with Gasteiger partial charge in [0.2, 0.25) is 0 Å². The summed E-state index contributed by atoms with van der Waals surface area (Å²) in [5.41, 5.74) is 4.45. The molecule has 2 aromatic rings. The summed E-state index contributed by atoms with van der Waals surface area (Å²) in [6.45, 7) is 5.78. The molecule has 4 rings (SSSR count). The topological polar surface area (TPSA) is 18.5 Å². The average molecular weight is 350 g/mol. The molecule has 1 aliphatic heterocycles. The highest BCUT2D eigenvalue weighted by Crippen LogP contribution is 2.32. The zero-order chi connectivity index (χ0) is 17.8.